The number of carbonyl (C=O) groups is 1. The van der Waals surface area contributed by atoms with Crippen molar-refractivity contribution in [2.75, 3.05) is 0 Å². The second-order valence-electron chi connectivity index (χ2n) is 5.24. The lowest BCUT2D eigenvalue weighted by molar-refractivity contribution is -0.137. The molecule has 1 amide bonds. The SMILES string of the molecule is O=C1NC(=Nc2cccc(C(F)(F)F)c2)SC1=Cc1ccc(O)c(Br)c1. The number of aliphatic imine (C=N–C) groups is 1. The molecule has 0 saturated carbocycles. The van der Waals surface area contributed by atoms with Crippen molar-refractivity contribution in [1.29, 1.82) is 0 Å². The highest BCUT2D eigenvalue weighted by atomic mass is 79.9. The van der Waals surface area contributed by atoms with E-state index < -0.39 is 17.6 Å². The van der Waals surface area contributed by atoms with Gasteiger partial charge in [-0.1, -0.05) is 12.1 Å². The van der Waals surface area contributed by atoms with Crippen LogP contribution in [0.4, 0.5) is 18.9 Å². The van der Waals surface area contributed by atoms with Crippen molar-refractivity contribution in [2.45, 2.75) is 6.18 Å². The van der Waals surface area contributed by atoms with Crippen molar-refractivity contribution >= 4 is 50.5 Å². The Bertz CT molecular complexity index is 942. The third-order valence-corrected chi connectivity index (χ3v) is 4.87. The van der Waals surface area contributed by atoms with Crippen LogP contribution >= 0.6 is 27.7 Å². The molecule has 1 heterocycles. The van der Waals surface area contributed by atoms with Crippen LogP contribution in [0.3, 0.4) is 0 Å². The maximum atomic E-state index is 12.8. The number of hydrogen-bond donors (Lipinski definition) is 2. The topological polar surface area (TPSA) is 61.7 Å². The number of thioether (sulfide) groups is 1. The monoisotopic (exact) mass is 442 g/mol. The molecule has 2 aromatic rings. The molecule has 9 heteroatoms. The summed E-state index contributed by atoms with van der Waals surface area (Å²) in [6, 6.07) is 9.30. The van der Waals surface area contributed by atoms with Gasteiger partial charge in [0.05, 0.1) is 20.6 Å². The summed E-state index contributed by atoms with van der Waals surface area (Å²) in [6.45, 7) is 0. The van der Waals surface area contributed by atoms with Gasteiger partial charge in [0.1, 0.15) is 5.75 Å². The summed E-state index contributed by atoms with van der Waals surface area (Å²) in [5.74, 6) is -0.326. The summed E-state index contributed by atoms with van der Waals surface area (Å²) in [6.07, 6.45) is -2.86. The van der Waals surface area contributed by atoms with Gasteiger partial charge in [0.15, 0.2) is 5.17 Å². The molecule has 0 spiro atoms. The number of halogens is 4. The van der Waals surface area contributed by atoms with Gasteiger partial charge in [0.25, 0.3) is 5.91 Å². The summed E-state index contributed by atoms with van der Waals surface area (Å²) in [7, 11) is 0. The third-order valence-electron chi connectivity index (χ3n) is 3.32. The molecule has 0 atom stereocenters. The van der Waals surface area contributed by atoms with E-state index >= 15 is 0 Å². The van der Waals surface area contributed by atoms with Gasteiger partial charge in [-0.2, -0.15) is 13.2 Å². The van der Waals surface area contributed by atoms with Crippen LogP contribution in [0.2, 0.25) is 0 Å². The first-order valence-electron chi connectivity index (χ1n) is 7.18. The fraction of sp³-hybridized carbons (Fsp3) is 0.0588. The Balaban J connectivity index is 1.84. The maximum Gasteiger partial charge on any atom is 0.416 e. The molecule has 26 heavy (non-hydrogen) atoms. The summed E-state index contributed by atoms with van der Waals surface area (Å²) in [5, 5.41) is 12.2. The lowest BCUT2D eigenvalue weighted by atomic mass is 10.2. The van der Waals surface area contributed by atoms with E-state index in [1.54, 1.807) is 18.2 Å². The lowest BCUT2D eigenvalue weighted by Gasteiger charge is -2.06. The molecule has 4 nitrogen and oxygen atoms in total. The molecule has 0 bridgehead atoms. The van der Waals surface area contributed by atoms with E-state index in [0.29, 0.717) is 14.9 Å². The second kappa shape index (κ2) is 7.16. The van der Waals surface area contributed by atoms with Crippen molar-refractivity contribution in [3.63, 3.8) is 0 Å². The molecule has 1 saturated heterocycles. The number of hydrogen-bond acceptors (Lipinski definition) is 4. The van der Waals surface area contributed by atoms with E-state index in [4.69, 9.17) is 0 Å². The van der Waals surface area contributed by atoms with Crippen LogP contribution in [-0.2, 0) is 11.0 Å². The molecule has 0 aromatic heterocycles. The normalized spacial score (nSPS) is 17.8. The van der Waals surface area contributed by atoms with Crippen LogP contribution < -0.4 is 5.32 Å². The molecular weight excluding hydrogens is 433 g/mol. The molecule has 0 aliphatic carbocycles. The number of amidine groups is 1. The largest absolute Gasteiger partial charge is 0.507 e. The molecule has 1 aliphatic heterocycles. The number of rotatable bonds is 2. The van der Waals surface area contributed by atoms with Crippen LogP contribution in [0.15, 0.2) is 56.8 Å². The molecular formula is C17H10BrF3N2O2S. The standard InChI is InChI=1S/C17H10BrF3N2O2S/c18-12-6-9(4-5-13(12)24)7-14-15(25)23-16(26-14)22-11-3-1-2-10(8-11)17(19,20)21/h1-8,24H,(H,22,23,25). The second-order valence-corrected chi connectivity index (χ2v) is 7.13. The molecule has 134 valence electrons. The van der Waals surface area contributed by atoms with E-state index in [0.717, 1.165) is 23.9 Å². The van der Waals surface area contributed by atoms with E-state index in [9.17, 15) is 23.1 Å². The Morgan fingerprint density at radius 3 is 2.65 bits per heavy atom. The number of amides is 1. The summed E-state index contributed by atoms with van der Waals surface area (Å²) in [4.78, 5) is 16.4. The Hall–Kier alpha value is -2.26. The van der Waals surface area contributed by atoms with E-state index in [1.165, 1.54) is 18.2 Å². The zero-order valence-corrected chi connectivity index (χ0v) is 15.2. The van der Waals surface area contributed by atoms with Gasteiger partial charge < -0.3 is 10.4 Å². The predicted molar refractivity (Wildman–Crippen MR) is 98.1 cm³/mol. The fourth-order valence-corrected chi connectivity index (χ4v) is 3.35. The number of nitrogens with one attached hydrogen (secondary N) is 1. The molecule has 2 N–H and O–H groups in total. The molecule has 2 aromatic carbocycles. The Morgan fingerprint density at radius 2 is 1.96 bits per heavy atom. The highest BCUT2D eigenvalue weighted by Crippen LogP contribution is 2.33. The minimum Gasteiger partial charge on any atom is -0.507 e. The first kappa shape index (κ1) is 18.5. The van der Waals surface area contributed by atoms with Gasteiger partial charge in [-0.15, -0.1) is 0 Å². The Kier molecular flexibility index (Phi) is 5.10. The minimum absolute atomic E-state index is 0.0717. The first-order chi connectivity index (χ1) is 12.2. The Labute approximate surface area is 159 Å². The van der Waals surface area contributed by atoms with Crippen LogP contribution in [0.5, 0.6) is 5.75 Å². The molecule has 3 rings (SSSR count). The highest BCUT2D eigenvalue weighted by Gasteiger charge is 2.30. The molecule has 1 aliphatic rings. The summed E-state index contributed by atoms with van der Waals surface area (Å²) in [5.41, 5.74) is -0.0396. The zero-order valence-electron chi connectivity index (χ0n) is 12.8. The van der Waals surface area contributed by atoms with E-state index in [2.05, 4.69) is 26.2 Å². The highest BCUT2D eigenvalue weighted by molar-refractivity contribution is 9.10. The number of phenols is 1. The smallest absolute Gasteiger partial charge is 0.416 e. The number of benzene rings is 2. The van der Waals surface area contributed by atoms with Gasteiger partial charge in [0, 0.05) is 0 Å². The lowest BCUT2D eigenvalue weighted by Crippen LogP contribution is -2.19. The van der Waals surface area contributed by atoms with Gasteiger partial charge in [-0.05, 0) is 69.7 Å². The van der Waals surface area contributed by atoms with Crippen LogP contribution in [0, 0.1) is 0 Å². The van der Waals surface area contributed by atoms with Crippen molar-refractivity contribution in [3.8, 4) is 5.75 Å². The summed E-state index contributed by atoms with van der Waals surface area (Å²) < 4.78 is 38.7. The van der Waals surface area contributed by atoms with Crippen molar-refractivity contribution in [3.05, 3.63) is 63.0 Å². The zero-order chi connectivity index (χ0) is 18.9. The van der Waals surface area contributed by atoms with Crippen LogP contribution in [0.1, 0.15) is 11.1 Å². The number of phenolic OH excluding ortho intramolecular Hbond substituents is 1. The maximum absolute atomic E-state index is 12.8. The molecule has 1 fully saturated rings. The minimum atomic E-state index is -4.46. The van der Waals surface area contributed by atoms with Crippen molar-refractivity contribution in [1.82, 2.24) is 5.32 Å². The van der Waals surface area contributed by atoms with Gasteiger partial charge in [-0.3, -0.25) is 4.79 Å². The van der Waals surface area contributed by atoms with E-state index in [-0.39, 0.29) is 16.6 Å². The average Bonchev–Trinajstić information content (AvgIpc) is 2.90. The fourth-order valence-electron chi connectivity index (χ4n) is 2.11. The first-order valence-corrected chi connectivity index (χ1v) is 8.79. The van der Waals surface area contributed by atoms with Gasteiger partial charge in [-0.25, -0.2) is 4.99 Å². The predicted octanol–water partition coefficient (Wildman–Crippen LogP) is 5.07. The Morgan fingerprint density at radius 1 is 1.19 bits per heavy atom. The number of aromatic hydroxyl groups is 1. The van der Waals surface area contributed by atoms with Crippen molar-refractivity contribution < 1.29 is 23.1 Å². The summed E-state index contributed by atoms with van der Waals surface area (Å²) >= 11 is 4.21. The quantitative estimate of drug-likeness (QED) is 0.638. The van der Waals surface area contributed by atoms with Gasteiger partial charge in [0.2, 0.25) is 0 Å². The van der Waals surface area contributed by atoms with E-state index in [1.807, 2.05) is 0 Å². The van der Waals surface area contributed by atoms with Gasteiger partial charge >= 0.3 is 6.18 Å². The average molecular weight is 443 g/mol. The number of nitrogens with zero attached hydrogens (tertiary/aromatic N) is 1. The molecule has 0 unspecified atom stereocenters. The molecule has 0 radical (unpaired) electrons. The third kappa shape index (κ3) is 4.28. The van der Waals surface area contributed by atoms with Crippen molar-refractivity contribution in [2.24, 2.45) is 4.99 Å². The van der Waals surface area contributed by atoms with Crippen LogP contribution in [-0.4, -0.2) is 16.2 Å². The number of alkyl halides is 3. The number of carbonyl (C=O) groups excluding carboxylic acids is 1. The van der Waals surface area contributed by atoms with Crippen LogP contribution in [0.25, 0.3) is 6.08 Å².